The van der Waals surface area contributed by atoms with E-state index in [2.05, 4.69) is 9.97 Å². The smallest absolute Gasteiger partial charge is 0.307 e. The molecular formula is C17H14ClF3N2O2S. The number of thiazole rings is 1. The highest BCUT2D eigenvalue weighted by Gasteiger charge is 2.30. The molecule has 26 heavy (non-hydrogen) atoms. The van der Waals surface area contributed by atoms with Gasteiger partial charge in [-0.1, -0.05) is 6.07 Å². The van der Waals surface area contributed by atoms with Crippen LogP contribution in [0.5, 0.6) is 0 Å². The van der Waals surface area contributed by atoms with Gasteiger partial charge in [-0.15, -0.1) is 23.7 Å². The number of hydrogen-bond acceptors (Lipinski definition) is 4. The summed E-state index contributed by atoms with van der Waals surface area (Å²) in [4.78, 5) is 19.1. The molecule has 2 aromatic heterocycles. The molecule has 0 saturated carbocycles. The Bertz CT molecular complexity index is 974. The van der Waals surface area contributed by atoms with Gasteiger partial charge in [-0.25, -0.2) is 18.2 Å². The van der Waals surface area contributed by atoms with Crippen molar-refractivity contribution in [3.8, 4) is 0 Å². The number of nitrogens with zero attached hydrogens (tertiary/aromatic N) is 2. The van der Waals surface area contributed by atoms with Gasteiger partial charge in [0.25, 0.3) is 0 Å². The van der Waals surface area contributed by atoms with Crippen molar-refractivity contribution in [1.29, 1.82) is 0 Å². The minimum Gasteiger partial charge on any atom is -0.481 e. The number of pyridine rings is 1. The quantitative estimate of drug-likeness (QED) is 0.653. The Morgan fingerprint density at radius 2 is 1.92 bits per heavy atom. The van der Waals surface area contributed by atoms with Gasteiger partial charge >= 0.3 is 5.97 Å². The lowest BCUT2D eigenvalue weighted by Crippen LogP contribution is -2.20. The molecule has 0 aliphatic heterocycles. The third-order valence-corrected chi connectivity index (χ3v) is 5.26. The number of aromatic nitrogens is 2. The number of hydrogen-bond donors (Lipinski definition) is 1. The van der Waals surface area contributed by atoms with Gasteiger partial charge < -0.3 is 5.11 Å². The normalized spacial score (nSPS) is 11.4. The van der Waals surface area contributed by atoms with Crippen molar-refractivity contribution < 1.29 is 23.1 Å². The van der Waals surface area contributed by atoms with E-state index >= 15 is 0 Å². The molecule has 0 radical (unpaired) electrons. The number of carbonyl (C=O) groups is 1. The molecule has 9 heteroatoms. The van der Waals surface area contributed by atoms with E-state index in [9.17, 15) is 18.0 Å². The zero-order valence-electron chi connectivity index (χ0n) is 13.7. The molecule has 2 heterocycles. The lowest BCUT2D eigenvalue weighted by molar-refractivity contribution is -0.136. The van der Waals surface area contributed by atoms with E-state index in [-0.39, 0.29) is 29.0 Å². The number of halogens is 4. The molecule has 3 rings (SSSR count). The number of carboxylic acids is 1. The van der Waals surface area contributed by atoms with Crippen LogP contribution >= 0.6 is 23.7 Å². The standard InChI is InChI=1S/C17H13F3N2O2S.ClH/c1-17(2,11-4-3-8(7-21-11)5-12(23)24)16-22-14-13(20)9(18)6-10(19)15(14)25-16;/h3-4,6-7H,5H2,1-2H3,(H,23,24);1H. The van der Waals surface area contributed by atoms with Crippen molar-refractivity contribution in [2.45, 2.75) is 25.7 Å². The Morgan fingerprint density at radius 3 is 2.50 bits per heavy atom. The van der Waals surface area contributed by atoms with Gasteiger partial charge in [-0.2, -0.15) is 0 Å². The van der Waals surface area contributed by atoms with E-state index in [1.807, 2.05) is 0 Å². The largest absolute Gasteiger partial charge is 0.481 e. The summed E-state index contributed by atoms with van der Waals surface area (Å²) < 4.78 is 41.1. The Hall–Kier alpha value is -2.19. The molecule has 1 aromatic carbocycles. The van der Waals surface area contributed by atoms with Crippen LogP contribution < -0.4 is 0 Å². The highest BCUT2D eigenvalue weighted by molar-refractivity contribution is 7.18. The van der Waals surface area contributed by atoms with Crippen molar-refractivity contribution in [1.82, 2.24) is 9.97 Å². The summed E-state index contributed by atoms with van der Waals surface area (Å²) in [7, 11) is 0. The lowest BCUT2D eigenvalue weighted by Gasteiger charge is -2.21. The van der Waals surface area contributed by atoms with Crippen molar-refractivity contribution >= 4 is 39.9 Å². The predicted molar refractivity (Wildman–Crippen MR) is 94.4 cm³/mol. The summed E-state index contributed by atoms with van der Waals surface area (Å²) in [5.74, 6) is -4.29. The average Bonchev–Trinajstić information content (AvgIpc) is 2.99. The maximum absolute atomic E-state index is 13.9. The zero-order chi connectivity index (χ0) is 18.4. The third kappa shape index (κ3) is 3.52. The monoisotopic (exact) mass is 402 g/mol. The summed E-state index contributed by atoms with van der Waals surface area (Å²) in [6.07, 6.45) is 1.30. The fourth-order valence-corrected chi connectivity index (χ4v) is 3.51. The second kappa shape index (κ2) is 7.20. The van der Waals surface area contributed by atoms with E-state index in [1.54, 1.807) is 26.0 Å². The summed E-state index contributed by atoms with van der Waals surface area (Å²) in [5.41, 5.74) is -0.0357. The third-order valence-electron chi connectivity index (χ3n) is 3.87. The van der Waals surface area contributed by atoms with Crippen LogP contribution in [-0.4, -0.2) is 21.0 Å². The second-order valence-corrected chi connectivity index (χ2v) is 7.10. The fraction of sp³-hybridized carbons (Fsp3) is 0.235. The first-order valence-corrected chi connectivity index (χ1v) is 8.13. The Labute approximate surface area is 157 Å². The van der Waals surface area contributed by atoms with Crippen LogP contribution in [0.2, 0.25) is 0 Å². The fourth-order valence-electron chi connectivity index (χ4n) is 2.43. The van der Waals surface area contributed by atoms with Crippen molar-refractivity contribution in [3.63, 3.8) is 0 Å². The number of benzene rings is 1. The van der Waals surface area contributed by atoms with Gasteiger partial charge in [0.1, 0.15) is 16.3 Å². The zero-order valence-corrected chi connectivity index (χ0v) is 15.3. The van der Waals surface area contributed by atoms with Crippen LogP contribution in [0.4, 0.5) is 13.2 Å². The lowest BCUT2D eigenvalue weighted by atomic mass is 9.89. The van der Waals surface area contributed by atoms with Crippen molar-refractivity contribution in [3.05, 3.63) is 58.1 Å². The van der Waals surface area contributed by atoms with Gasteiger partial charge in [0.2, 0.25) is 0 Å². The minimum atomic E-state index is -1.28. The molecule has 0 saturated heterocycles. The SMILES string of the molecule is CC(C)(c1ccc(CC(=O)O)cn1)c1nc2c(F)c(F)cc(F)c2s1.Cl. The first kappa shape index (κ1) is 20.1. The predicted octanol–water partition coefficient (Wildman–Crippen LogP) is 4.48. The van der Waals surface area contributed by atoms with Crippen LogP contribution in [0.25, 0.3) is 10.2 Å². The van der Waals surface area contributed by atoms with Crippen molar-refractivity contribution in [2.24, 2.45) is 0 Å². The Kier molecular flexibility index (Phi) is 5.58. The first-order valence-electron chi connectivity index (χ1n) is 7.32. The minimum absolute atomic E-state index is 0. The van der Waals surface area contributed by atoms with Gasteiger partial charge in [0.05, 0.1) is 22.2 Å². The van der Waals surface area contributed by atoms with E-state index < -0.39 is 28.8 Å². The summed E-state index contributed by atoms with van der Waals surface area (Å²) in [5, 5.41) is 9.17. The average molecular weight is 403 g/mol. The summed E-state index contributed by atoms with van der Waals surface area (Å²) in [6.45, 7) is 3.55. The highest BCUT2D eigenvalue weighted by Crippen LogP contribution is 2.37. The molecule has 0 fully saturated rings. The van der Waals surface area contributed by atoms with Crippen LogP contribution in [0.3, 0.4) is 0 Å². The van der Waals surface area contributed by atoms with E-state index in [0.717, 1.165) is 11.3 Å². The topological polar surface area (TPSA) is 63.1 Å². The molecule has 3 aromatic rings. The first-order chi connectivity index (χ1) is 11.7. The molecule has 1 N–H and O–H groups in total. The second-order valence-electron chi connectivity index (χ2n) is 6.10. The Morgan fingerprint density at radius 1 is 1.23 bits per heavy atom. The number of rotatable bonds is 4. The molecular weight excluding hydrogens is 389 g/mol. The van der Waals surface area contributed by atoms with Gasteiger partial charge in [0.15, 0.2) is 11.6 Å². The molecule has 0 atom stereocenters. The molecule has 138 valence electrons. The van der Waals surface area contributed by atoms with Crippen LogP contribution in [0.15, 0.2) is 24.4 Å². The van der Waals surface area contributed by atoms with Crippen molar-refractivity contribution in [2.75, 3.05) is 0 Å². The molecule has 0 spiro atoms. The summed E-state index contributed by atoms with van der Waals surface area (Å²) in [6, 6.07) is 3.79. The number of fused-ring (bicyclic) bond motifs is 1. The molecule has 0 aliphatic rings. The van der Waals surface area contributed by atoms with Crippen LogP contribution in [0.1, 0.15) is 30.1 Å². The maximum Gasteiger partial charge on any atom is 0.307 e. The molecule has 0 bridgehead atoms. The highest BCUT2D eigenvalue weighted by atomic mass is 35.5. The molecule has 0 aliphatic carbocycles. The van der Waals surface area contributed by atoms with Gasteiger partial charge in [0, 0.05) is 12.3 Å². The van der Waals surface area contributed by atoms with E-state index in [4.69, 9.17) is 5.11 Å². The molecule has 0 unspecified atom stereocenters. The number of carboxylic acid groups (broad SMARTS) is 1. The van der Waals surface area contributed by atoms with Gasteiger partial charge in [-0.05, 0) is 25.5 Å². The molecule has 4 nitrogen and oxygen atoms in total. The Balaban J connectivity index is 0.00000243. The number of aliphatic carboxylic acids is 1. The van der Waals surface area contributed by atoms with E-state index in [0.29, 0.717) is 22.3 Å². The summed E-state index contributed by atoms with van der Waals surface area (Å²) >= 11 is 0.937. The van der Waals surface area contributed by atoms with Crippen LogP contribution in [-0.2, 0) is 16.6 Å². The maximum atomic E-state index is 13.9. The van der Waals surface area contributed by atoms with Gasteiger partial charge in [-0.3, -0.25) is 9.78 Å². The van der Waals surface area contributed by atoms with E-state index in [1.165, 1.54) is 6.20 Å². The molecule has 0 amide bonds. The van der Waals surface area contributed by atoms with Crippen LogP contribution in [0, 0.1) is 17.5 Å².